The van der Waals surface area contributed by atoms with Gasteiger partial charge in [0.15, 0.2) is 0 Å². The summed E-state index contributed by atoms with van der Waals surface area (Å²) in [5.74, 6) is 2.87. The Morgan fingerprint density at radius 1 is 1.43 bits per heavy atom. The maximum absolute atomic E-state index is 10.3. The molecule has 0 aromatic heterocycles. The van der Waals surface area contributed by atoms with Gasteiger partial charge >= 0.3 is 0 Å². The van der Waals surface area contributed by atoms with Crippen molar-refractivity contribution < 1.29 is 5.11 Å². The third kappa shape index (κ3) is 3.82. The smallest absolute Gasteiger partial charge is 0.0748 e. The molecule has 0 aromatic carbocycles. The van der Waals surface area contributed by atoms with Crippen LogP contribution in [-0.2, 0) is 0 Å². The van der Waals surface area contributed by atoms with Crippen LogP contribution in [0.15, 0.2) is 0 Å². The van der Waals surface area contributed by atoms with Gasteiger partial charge in [0, 0.05) is 5.75 Å². The van der Waals surface area contributed by atoms with Crippen molar-refractivity contribution >= 4 is 11.8 Å². The fourth-order valence-corrected chi connectivity index (χ4v) is 3.55. The van der Waals surface area contributed by atoms with Crippen LogP contribution in [0.1, 0.15) is 52.4 Å². The van der Waals surface area contributed by atoms with E-state index < -0.39 is 0 Å². The molecule has 1 rings (SSSR count). The first kappa shape index (κ1) is 12.4. The highest BCUT2D eigenvalue weighted by molar-refractivity contribution is 7.99. The van der Waals surface area contributed by atoms with E-state index in [1.807, 2.05) is 11.8 Å². The third-order valence-electron chi connectivity index (χ3n) is 3.29. The van der Waals surface area contributed by atoms with Gasteiger partial charge in [-0.25, -0.2) is 0 Å². The van der Waals surface area contributed by atoms with E-state index in [0.717, 1.165) is 30.3 Å². The molecule has 0 bridgehead atoms. The summed E-state index contributed by atoms with van der Waals surface area (Å²) < 4.78 is 0. The quantitative estimate of drug-likeness (QED) is 0.734. The molecular weight excluding hydrogens is 192 g/mol. The van der Waals surface area contributed by atoms with Crippen molar-refractivity contribution in [1.29, 1.82) is 0 Å². The van der Waals surface area contributed by atoms with E-state index in [4.69, 9.17) is 0 Å². The van der Waals surface area contributed by atoms with Crippen LogP contribution in [0.2, 0.25) is 0 Å². The Labute approximate surface area is 92.7 Å². The van der Waals surface area contributed by atoms with Crippen molar-refractivity contribution in [3.8, 4) is 0 Å². The molecule has 1 aliphatic rings. The van der Waals surface area contributed by atoms with Gasteiger partial charge in [-0.3, -0.25) is 0 Å². The molecular formula is C12H24OS. The van der Waals surface area contributed by atoms with E-state index >= 15 is 0 Å². The zero-order chi connectivity index (χ0) is 10.4. The lowest BCUT2D eigenvalue weighted by molar-refractivity contribution is 0.0388. The van der Waals surface area contributed by atoms with Crippen LogP contribution in [0, 0.1) is 5.92 Å². The monoisotopic (exact) mass is 216 g/mol. The van der Waals surface area contributed by atoms with Crippen LogP contribution in [0.5, 0.6) is 0 Å². The second kappa shape index (κ2) is 6.02. The second-order valence-electron chi connectivity index (χ2n) is 4.65. The minimum Gasteiger partial charge on any atom is -0.389 e. The molecule has 0 aromatic rings. The van der Waals surface area contributed by atoms with Crippen molar-refractivity contribution in [2.75, 3.05) is 11.5 Å². The number of hydrogen-bond acceptors (Lipinski definition) is 2. The summed E-state index contributed by atoms with van der Waals surface area (Å²) in [7, 11) is 0. The highest BCUT2D eigenvalue weighted by Gasteiger charge is 2.33. The Balaban J connectivity index is 2.30. The second-order valence-corrected chi connectivity index (χ2v) is 5.75. The molecule has 1 aliphatic heterocycles. The van der Waals surface area contributed by atoms with E-state index in [9.17, 15) is 5.11 Å². The maximum Gasteiger partial charge on any atom is 0.0748 e. The predicted molar refractivity (Wildman–Crippen MR) is 64.8 cm³/mol. The van der Waals surface area contributed by atoms with Gasteiger partial charge < -0.3 is 5.11 Å². The summed E-state index contributed by atoms with van der Waals surface area (Å²) in [5.41, 5.74) is -0.320. The summed E-state index contributed by atoms with van der Waals surface area (Å²) in [6.07, 6.45) is 7.19. The number of aliphatic hydroxyl groups is 1. The Bertz CT molecular complexity index is 152. The molecule has 0 spiro atoms. The molecule has 1 saturated heterocycles. The fourth-order valence-electron chi connectivity index (χ4n) is 2.24. The molecule has 1 N–H and O–H groups in total. The maximum atomic E-state index is 10.3. The van der Waals surface area contributed by atoms with Gasteiger partial charge in [0.05, 0.1) is 5.60 Å². The van der Waals surface area contributed by atoms with Crippen LogP contribution in [0.4, 0.5) is 0 Å². The van der Waals surface area contributed by atoms with Crippen LogP contribution >= 0.6 is 11.8 Å². The van der Waals surface area contributed by atoms with Crippen LogP contribution < -0.4 is 0 Å². The van der Waals surface area contributed by atoms with Crippen molar-refractivity contribution in [1.82, 2.24) is 0 Å². The fraction of sp³-hybridized carbons (Fsp3) is 1.00. The van der Waals surface area contributed by atoms with Gasteiger partial charge in [-0.05, 0) is 24.5 Å². The topological polar surface area (TPSA) is 20.2 Å². The van der Waals surface area contributed by atoms with Gasteiger partial charge in [0.2, 0.25) is 0 Å². The van der Waals surface area contributed by atoms with Gasteiger partial charge in [-0.1, -0.05) is 39.5 Å². The summed E-state index contributed by atoms with van der Waals surface area (Å²) in [6.45, 7) is 4.50. The first-order chi connectivity index (χ1) is 6.70. The van der Waals surface area contributed by atoms with E-state index in [0.29, 0.717) is 0 Å². The van der Waals surface area contributed by atoms with Crippen molar-refractivity contribution in [3.63, 3.8) is 0 Å². The molecule has 1 nitrogen and oxygen atoms in total. The first-order valence-corrected chi connectivity index (χ1v) is 7.16. The molecule has 0 aliphatic carbocycles. The molecule has 0 radical (unpaired) electrons. The Hall–Kier alpha value is 0.310. The molecule has 1 fully saturated rings. The molecule has 2 atom stereocenters. The molecule has 0 amide bonds. The lowest BCUT2D eigenvalue weighted by atomic mass is 9.85. The standard InChI is InChI=1S/C12H24OS/c1-3-5-6-11(4-2)9-12(13)7-8-14-10-12/h11,13H,3-10H2,1-2H3. The Morgan fingerprint density at radius 2 is 2.21 bits per heavy atom. The number of unbranched alkanes of at least 4 members (excludes halogenated alkanes) is 1. The lowest BCUT2D eigenvalue weighted by Crippen LogP contribution is -2.31. The van der Waals surface area contributed by atoms with E-state index in [1.54, 1.807) is 0 Å². The average molecular weight is 216 g/mol. The van der Waals surface area contributed by atoms with E-state index in [-0.39, 0.29) is 5.60 Å². The van der Waals surface area contributed by atoms with E-state index in [2.05, 4.69) is 13.8 Å². The number of rotatable bonds is 6. The molecule has 2 heteroatoms. The van der Waals surface area contributed by atoms with Crippen LogP contribution in [0.3, 0.4) is 0 Å². The molecule has 2 unspecified atom stereocenters. The third-order valence-corrected chi connectivity index (χ3v) is 4.53. The highest BCUT2D eigenvalue weighted by Crippen LogP contribution is 2.35. The minimum atomic E-state index is -0.320. The Kier molecular flexibility index (Phi) is 5.32. The molecule has 84 valence electrons. The first-order valence-electron chi connectivity index (χ1n) is 6.00. The van der Waals surface area contributed by atoms with Crippen molar-refractivity contribution in [3.05, 3.63) is 0 Å². The highest BCUT2D eigenvalue weighted by atomic mass is 32.2. The van der Waals surface area contributed by atoms with Gasteiger partial charge in [-0.15, -0.1) is 0 Å². The summed E-state index contributed by atoms with van der Waals surface area (Å²) in [5, 5.41) is 10.3. The largest absolute Gasteiger partial charge is 0.389 e. The summed E-state index contributed by atoms with van der Waals surface area (Å²) in [6, 6.07) is 0. The summed E-state index contributed by atoms with van der Waals surface area (Å²) >= 11 is 1.91. The SMILES string of the molecule is CCCCC(CC)CC1(O)CCSC1. The van der Waals surface area contributed by atoms with Crippen molar-refractivity contribution in [2.45, 2.75) is 58.0 Å². The van der Waals surface area contributed by atoms with Gasteiger partial charge in [0.1, 0.15) is 0 Å². The predicted octanol–water partition coefficient (Wildman–Crippen LogP) is 3.46. The summed E-state index contributed by atoms with van der Waals surface area (Å²) in [4.78, 5) is 0. The number of hydrogen-bond donors (Lipinski definition) is 1. The molecule has 0 saturated carbocycles. The average Bonchev–Trinajstić information content (AvgIpc) is 2.60. The van der Waals surface area contributed by atoms with Crippen LogP contribution in [0.25, 0.3) is 0 Å². The zero-order valence-electron chi connectivity index (χ0n) is 9.59. The van der Waals surface area contributed by atoms with Gasteiger partial charge in [0.25, 0.3) is 0 Å². The van der Waals surface area contributed by atoms with Crippen LogP contribution in [-0.4, -0.2) is 22.2 Å². The normalized spacial score (nSPS) is 29.4. The van der Waals surface area contributed by atoms with Gasteiger partial charge in [-0.2, -0.15) is 11.8 Å². The number of thioether (sulfide) groups is 1. The Morgan fingerprint density at radius 3 is 2.71 bits per heavy atom. The lowest BCUT2D eigenvalue weighted by Gasteiger charge is -2.26. The minimum absolute atomic E-state index is 0.320. The molecule has 1 heterocycles. The molecule has 14 heavy (non-hydrogen) atoms. The van der Waals surface area contributed by atoms with Crippen molar-refractivity contribution in [2.24, 2.45) is 5.92 Å². The zero-order valence-corrected chi connectivity index (χ0v) is 10.4. The van der Waals surface area contributed by atoms with E-state index in [1.165, 1.54) is 25.7 Å².